The molecule has 0 saturated carbocycles. The fourth-order valence-corrected chi connectivity index (χ4v) is 2.13. The Morgan fingerprint density at radius 3 is 2.52 bits per heavy atom. The van der Waals surface area contributed by atoms with E-state index in [4.69, 9.17) is 4.74 Å². The molecule has 0 aliphatic rings. The minimum Gasteiger partial charge on any atom is -0.458 e. The molecule has 0 N–H and O–H groups in total. The molecule has 0 spiro atoms. The van der Waals surface area contributed by atoms with E-state index in [1.54, 1.807) is 0 Å². The van der Waals surface area contributed by atoms with Crippen molar-refractivity contribution in [1.29, 1.82) is 0 Å². The summed E-state index contributed by atoms with van der Waals surface area (Å²) in [4.78, 5) is 11.7. The highest BCUT2D eigenvalue weighted by atomic mass is 16.5. The van der Waals surface area contributed by atoms with Gasteiger partial charge in [0, 0.05) is 6.08 Å². The second-order valence-corrected chi connectivity index (χ2v) is 4.88. The molecule has 0 unspecified atom stereocenters. The zero-order chi connectivity index (χ0) is 14.9. The summed E-state index contributed by atoms with van der Waals surface area (Å²) >= 11 is 0. The maximum Gasteiger partial charge on any atom is 0.331 e. The predicted molar refractivity (Wildman–Crippen MR) is 85.7 cm³/mol. The minimum atomic E-state index is -0.315. The van der Waals surface area contributed by atoms with Gasteiger partial charge in [-0.25, -0.2) is 4.79 Å². The number of benzene rings is 2. The standard InChI is InChI=1S/C19H20O2/c1-2-8-17-11-6-7-12-18(17)13-14-19(20)21-15-16-9-4-3-5-10-16/h3-7,9-14H,2,8,15H2,1H3/b14-13+. The third kappa shape index (κ3) is 4.92. The monoisotopic (exact) mass is 280 g/mol. The zero-order valence-corrected chi connectivity index (χ0v) is 12.3. The van der Waals surface area contributed by atoms with Gasteiger partial charge in [0.2, 0.25) is 0 Å². The van der Waals surface area contributed by atoms with Gasteiger partial charge in [-0.3, -0.25) is 0 Å². The van der Waals surface area contributed by atoms with Crippen LogP contribution in [-0.4, -0.2) is 5.97 Å². The molecule has 2 heteroatoms. The first-order chi connectivity index (χ1) is 10.3. The molecule has 0 fully saturated rings. The highest BCUT2D eigenvalue weighted by Crippen LogP contribution is 2.13. The fourth-order valence-electron chi connectivity index (χ4n) is 2.13. The van der Waals surface area contributed by atoms with Gasteiger partial charge >= 0.3 is 5.97 Å². The lowest BCUT2D eigenvalue weighted by Gasteiger charge is -2.04. The number of esters is 1. The van der Waals surface area contributed by atoms with Crippen molar-refractivity contribution in [2.45, 2.75) is 26.4 Å². The number of ether oxygens (including phenoxy) is 1. The van der Waals surface area contributed by atoms with Gasteiger partial charge in [0.25, 0.3) is 0 Å². The first-order valence-corrected chi connectivity index (χ1v) is 7.26. The lowest BCUT2D eigenvalue weighted by atomic mass is 10.0. The maximum atomic E-state index is 11.7. The smallest absolute Gasteiger partial charge is 0.331 e. The summed E-state index contributed by atoms with van der Waals surface area (Å²) in [5.41, 5.74) is 3.33. The van der Waals surface area contributed by atoms with Gasteiger partial charge in [-0.05, 0) is 29.2 Å². The van der Waals surface area contributed by atoms with Crippen molar-refractivity contribution in [3.63, 3.8) is 0 Å². The minimum absolute atomic E-state index is 0.306. The third-order valence-corrected chi connectivity index (χ3v) is 3.20. The zero-order valence-electron chi connectivity index (χ0n) is 12.3. The predicted octanol–water partition coefficient (Wildman–Crippen LogP) is 4.40. The second kappa shape index (κ2) is 8.05. The number of hydrogen-bond donors (Lipinski definition) is 0. The third-order valence-electron chi connectivity index (χ3n) is 3.20. The number of carbonyl (C=O) groups is 1. The topological polar surface area (TPSA) is 26.3 Å². The van der Waals surface area contributed by atoms with Crippen molar-refractivity contribution < 1.29 is 9.53 Å². The molecule has 2 nitrogen and oxygen atoms in total. The molecule has 0 aromatic heterocycles. The average Bonchev–Trinajstić information content (AvgIpc) is 2.53. The van der Waals surface area contributed by atoms with Crippen molar-refractivity contribution in [2.24, 2.45) is 0 Å². The number of rotatable bonds is 6. The quantitative estimate of drug-likeness (QED) is 0.579. The van der Waals surface area contributed by atoms with Crippen LogP contribution in [-0.2, 0) is 22.6 Å². The highest BCUT2D eigenvalue weighted by molar-refractivity contribution is 5.87. The van der Waals surface area contributed by atoms with Crippen molar-refractivity contribution in [3.05, 3.63) is 77.4 Å². The largest absolute Gasteiger partial charge is 0.458 e. The van der Waals surface area contributed by atoms with Crippen LogP contribution in [0.1, 0.15) is 30.0 Å². The SMILES string of the molecule is CCCc1ccccc1/C=C/C(=O)OCc1ccccc1. The summed E-state index contributed by atoms with van der Waals surface area (Å²) in [6.07, 6.45) is 5.43. The Morgan fingerprint density at radius 1 is 1.05 bits per heavy atom. The molecule has 2 aromatic rings. The molecule has 108 valence electrons. The maximum absolute atomic E-state index is 11.7. The molecule has 0 atom stereocenters. The van der Waals surface area contributed by atoms with Crippen molar-refractivity contribution in [2.75, 3.05) is 0 Å². The van der Waals surface area contributed by atoms with E-state index in [0.717, 1.165) is 24.0 Å². The van der Waals surface area contributed by atoms with Crippen LogP contribution in [0.25, 0.3) is 6.08 Å². The summed E-state index contributed by atoms with van der Waals surface area (Å²) < 4.78 is 5.22. The number of aryl methyl sites for hydroxylation is 1. The summed E-state index contributed by atoms with van der Waals surface area (Å²) in [6, 6.07) is 17.8. The molecule has 2 aromatic carbocycles. The van der Waals surface area contributed by atoms with Gasteiger partial charge in [-0.15, -0.1) is 0 Å². The summed E-state index contributed by atoms with van der Waals surface area (Å²) in [5, 5.41) is 0. The van der Waals surface area contributed by atoms with Gasteiger partial charge in [-0.2, -0.15) is 0 Å². The second-order valence-electron chi connectivity index (χ2n) is 4.88. The number of carbonyl (C=O) groups excluding carboxylic acids is 1. The van der Waals surface area contributed by atoms with Crippen molar-refractivity contribution in [3.8, 4) is 0 Å². The van der Waals surface area contributed by atoms with E-state index >= 15 is 0 Å². The van der Waals surface area contributed by atoms with E-state index in [1.807, 2.05) is 54.6 Å². The first kappa shape index (κ1) is 15.0. The summed E-state index contributed by atoms with van der Waals surface area (Å²) in [5.74, 6) is -0.315. The van der Waals surface area contributed by atoms with Gasteiger partial charge in [0.1, 0.15) is 6.61 Å². The first-order valence-electron chi connectivity index (χ1n) is 7.26. The molecule has 0 aliphatic carbocycles. The Balaban J connectivity index is 1.93. The molecule has 0 amide bonds. The molecule has 2 rings (SSSR count). The van der Waals surface area contributed by atoms with Gasteiger partial charge in [0.15, 0.2) is 0 Å². The van der Waals surface area contributed by atoms with Crippen molar-refractivity contribution >= 4 is 12.0 Å². The molecule has 0 radical (unpaired) electrons. The van der Waals surface area contributed by atoms with Crippen LogP contribution in [0.2, 0.25) is 0 Å². The Kier molecular flexibility index (Phi) is 5.77. The Morgan fingerprint density at radius 2 is 1.76 bits per heavy atom. The molecule has 0 aliphatic heterocycles. The molecule has 0 heterocycles. The van der Waals surface area contributed by atoms with E-state index in [0.29, 0.717) is 6.61 Å². The Hall–Kier alpha value is -2.35. The van der Waals surface area contributed by atoms with Gasteiger partial charge < -0.3 is 4.74 Å². The Bertz CT molecular complexity index is 600. The fraction of sp³-hybridized carbons (Fsp3) is 0.211. The van der Waals surface area contributed by atoms with Crippen LogP contribution in [0.5, 0.6) is 0 Å². The number of hydrogen-bond acceptors (Lipinski definition) is 2. The van der Waals surface area contributed by atoms with E-state index in [-0.39, 0.29) is 5.97 Å². The van der Waals surface area contributed by atoms with Crippen LogP contribution >= 0.6 is 0 Å². The molecule has 21 heavy (non-hydrogen) atoms. The molecular formula is C19H20O2. The van der Waals surface area contributed by atoms with Crippen molar-refractivity contribution in [1.82, 2.24) is 0 Å². The van der Waals surface area contributed by atoms with E-state index in [9.17, 15) is 4.79 Å². The summed E-state index contributed by atoms with van der Waals surface area (Å²) in [6.45, 7) is 2.45. The van der Waals surface area contributed by atoms with Crippen LogP contribution in [0.3, 0.4) is 0 Å². The van der Waals surface area contributed by atoms with E-state index in [2.05, 4.69) is 13.0 Å². The van der Waals surface area contributed by atoms with Crippen LogP contribution < -0.4 is 0 Å². The van der Waals surface area contributed by atoms with E-state index in [1.165, 1.54) is 11.6 Å². The van der Waals surface area contributed by atoms with E-state index < -0.39 is 0 Å². The van der Waals surface area contributed by atoms with Gasteiger partial charge in [-0.1, -0.05) is 67.9 Å². The molecular weight excluding hydrogens is 260 g/mol. The average molecular weight is 280 g/mol. The normalized spacial score (nSPS) is 10.7. The lowest BCUT2D eigenvalue weighted by molar-refractivity contribution is -0.138. The Labute approximate surface area is 126 Å². The van der Waals surface area contributed by atoms with Crippen LogP contribution in [0, 0.1) is 0 Å². The van der Waals surface area contributed by atoms with Gasteiger partial charge in [0.05, 0.1) is 0 Å². The van der Waals surface area contributed by atoms with Crippen LogP contribution in [0.4, 0.5) is 0 Å². The van der Waals surface area contributed by atoms with Crippen LogP contribution in [0.15, 0.2) is 60.7 Å². The highest BCUT2D eigenvalue weighted by Gasteiger charge is 2.00. The molecule has 0 saturated heterocycles. The lowest BCUT2D eigenvalue weighted by Crippen LogP contribution is -2.00. The summed E-state index contributed by atoms with van der Waals surface area (Å²) in [7, 11) is 0. The molecule has 0 bridgehead atoms.